The minimum absolute atomic E-state index is 0.0637. The van der Waals surface area contributed by atoms with Crippen molar-refractivity contribution in [1.82, 2.24) is 0 Å². The molecule has 0 aliphatic carbocycles. The zero-order valence-corrected chi connectivity index (χ0v) is 20.6. The fourth-order valence-corrected chi connectivity index (χ4v) is 2.78. The topological polar surface area (TPSA) is 92.3 Å². The molecule has 204 valence electrons. The Morgan fingerprint density at radius 3 is 1.15 bits per heavy atom. The second-order valence-corrected chi connectivity index (χ2v) is 7.25. The molecule has 1 aliphatic heterocycles. The molecule has 0 aromatic heterocycles. The molecule has 1 heterocycles. The second-order valence-electron chi connectivity index (χ2n) is 7.25. The lowest BCUT2D eigenvalue weighted by molar-refractivity contribution is -0.169. The first-order valence-electron chi connectivity index (χ1n) is 12.3. The molecule has 1 rings (SSSR count). The summed E-state index contributed by atoms with van der Waals surface area (Å²) in [5.41, 5.74) is 0. The third-order valence-corrected chi connectivity index (χ3v) is 4.49. The molecule has 0 N–H and O–H groups in total. The third kappa shape index (κ3) is 23.3. The number of hydrogen-bond acceptors (Lipinski definition) is 10. The fourth-order valence-electron chi connectivity index (χ4n) is 2.78. The van der Waals surface area contributed by atoms with Gasteiger partial charge in [-0.2, -0.15) is 0 Å². The summed E-state index contributed by atoms with van der Waals surface area (Å²) in [6.45, 7) is 8.50. The van der Waals surface area contributed by atoms with Gasteiger partial charge in [-0.1, -0.05) is 0 Å². The van der Waals surface area contributed by atoms with Crippen molar-refractivity contribution in [2.24, 2.45) is 0 Å². The van der Waals surface area contributed by atoms with Gasteiger partial charge in [0.2, 0.25) is 0 Å². The van der Waals surface area contributed by atoms with E-state index < -0.39 is 6.67 Å². The van der Waals surface area contributed by atoms with Crippen LogP contribution in [0.25, 0.3) is 0 Å². The van der Waals surface area contributed by atoms with Crippen LogP contribution >= 0.6 is 0 Å². The standard InChI is InChI=1S/C23H45FO10/c24-4-6-25-7-8-26-9-10-27-11-12-28-13-14-29-15-16-30-17-18-31-19-20-32-21-22-34-23-3-1-2-5-33-23/h23H,1-22H2. The van der Waals surface area contributed by atoms with Crippen molar-refractivity contribution < 1.29 is 51.8 Å². The average molecular weight is 501 g/mol. The van der Waals surface area contributed by atoms with E-state index in [9.17, 15) is 4.39 Å². The smallest absolute Gasteiger partial charge is 0.157 e. The highest BCUT2D eigenvalue weighted by Crippen LogP contribution is 2.13. The van der Waals surface area contributed by atoms with Crippen molar-refractivity contribution >= 4 is 0 Å². The quantitative estimate of drug-likeness (QED) is 0.155. The van der Waals surface area contributed by atoms with E-state index in [1.165, 1.54) is 6.42 Å². The van der Waals surface area contributed by atoms with Crippen LogP contribution in [0.15, 0.2) is 0 Å². The third-order valence-electron chi connectivity index (χ3n) is 4.49. The lowest BCUT2D eigenvalue weighted by atomic mass is 10.2. The summed E-state index contributed by atoms with van der Waals surface area (Å²) in [4.78, 5) is 0. The molecule has 10 nitrogen and oxygen atoms in total. The van der Waals surface area contributed by atoms with Crippen molar-refractivity contribution in [3.63, 3.8) is 0 Å². The van der Waals surface area contributed by atoms with Crippen molar-refractivity contribution in [3.05, 3.63) is 0 Å². The van der Waals surface area contributed by atoms with E-state index in [-0.39, 0.29) is 12.9 Å². The van der Waals surface area contributed by atoms with Crippen LogP contribution in [0.5, 0.6) is 0 Å². The molecule has 34 heavy (non-hydrogen) atoms. The van der Waals surface area contributed by atoms with Gasteiger partial charge >= 0.3 is 0 Å². The number of hydrogen-bond donors (Lipinski definition) is 0. The Bertz CT molecular complexity index is 389. The molecule has 11 heteroatoms. The molecule has 1 fully saturated rings. The van der Waals surface area contributed by atoms with E-state index in [0.29, 0.717) is 106 Å². The molecule has 1 unspecified atom stereocenters. The van der Waals surface area contributed by atoms with Crippen molar-refractivity contribution in [2.45, 2.75) is 25.6 Å². The largest absolute Gasteiger partial charge is 0.377 e. The van der Waals surface area contributed by atoms with Gasteiger partial charge in [-0.25, -0.2) is 4.39 Å². The number of halogens is 1. The van der Waals surface area contributed by atoms with Crippen LogP contribution in [0.2, 0.25) is 0 Å². The Kier molecular flexibility index (Phi) is 25.2. The van der Waals surface area contributed by atoms with Crippen LogP contribution in [0.4, 0.5) is 4.39 Å². The van der Waals surface area contributed by atoms with E-state index in [0.717, 1.165) is 19.4 Å². The molecule has 1 atom stereocenters. The highest BCUT2D eigenvalue weighted by molar-refractivity contribution is 4.53. The van der Waals surface area contributed by atoms with E-state index in [4.69, 9.17) is 47.4 Å². The summed E-state index contributed by atoms with van der Waals surface area (Å²) in [7, 11) is 0. The molecule has 0 aromatic rings. The molecular formula is C23H45FO10. The Hall–Kier alpha value is -0.470. The highest BCUT2D eigenvalue weighted by atomic mass is 19.1. The average Bonchev–Trinajstić information content (AvgIpc) is 2.87. The van der Waals surface area contributed by atoms with E-state index >= 15 is 0 Å². The second kappa shape index (κ2) is 27.1. The summed E-state index contributed by atoms with van der Waals surface area (Å²) in [6, 6.07) is 0. The number of ether oxygens (including phenoxy) is 10. The fraction of sp³-hybridized carbons (Fsp3) is 1.00. The van der Waals surface area contributed by atoms with E-state index in [2.05, 4.69) is 0 Å². The maximum Gasteiger partial charge on any atom is 0.157 e. The first-order chi connectivity index (χ1) is 16.9. The Morgan fingerprint density at radius 2 is 0.824 bits per heavy atom. The van der Waals surface area contributed by atoms with Crippen LogP contribution in [-0.4, -0.2) is 132 Å². The number of alkyl halides is 1. The summed E-state index contributed by atoms with van der Waals surface area (Å²) < 4.78 is 65.6. The molecule has 0 amide bonds. The van der Waals surface area contributed by atoms with Gasteiger partial charge in [0.05, 0.1) is 112 Å². The lowest BCUT2D eigenvalue weighted by Gasteiger charge is -2.22. The van der Waals surface area contributed by atoms with Crippen molar-refractivity contribution in [2.75, 3.05) is 126 Å². The predicted octanol–water partition coefficient (Wildman–Crippen LogP) is 1.63. The van der Waals surface area contributed by atoms with Crippen LogP contribution in [0, 0.1) is 0 Å². The molecule has 0 aromatic carbocycles. The lowest BCUT2D eigenvalue weighted by Crippen LogP contribution is -2.24. The Labute approximate surface area is 203 Å². The predicted molar refractivity (Wildman–Crippen MR) is 122 cm³/mol. The maximum absolute atomic E-state index is 11.8. The van der Waals surface area contributed by atoms with Crippen molar-refractivity contribution in [3.8, 4) is 0 Å². The van der Waals surface area contributed by atoms with Crippen LogP contribution < -0.4 is 0 Å². The maximum atomic E-state index is 11.8. The van der Waals surface area contributed by atoms with E-state index in [1.807, 2.05) is 0 Å². The molecular weight excluding hydrogens is 455 g/mol. The summed E-state index contributed by atoms with van der Waals surface area (Å²) in [6.07, 6.45) is 3.20. The van der Waals surface area contributed by atoms with Gasteiger partial charge in [-0.15, -0.1) is 0 Å². The van der Waals surface area contributed by atoms with Crippen molar-refractivity contribution in [1.29, 1.82) is 0 Å². The summed E-state index contributed by atoms with van der Waals surface area (Å²) >= 11 is 0. The first kappa shape index (κ1) is 31.6. The SMILES string of the molecule is FCCOCCOCCOCCOCCOCCOCCOCCOCCOC1CCCCO1. The zero-order valence-electron chi connectivity index (χ0n) is 20.6. The number of rotatable bonds is 27. The molecule has 0 bridgehead atoms. The summed E-state index contributed by atoms with van der Waals surface area (Å²) in [5, 5.41) is 0. The Balaban J connectivity index is 1.61. The van der Waals surface area contributed by atoms with Gasteiger partial charge in [0.25, 0.3) is 0 Å². The minimum Gasteiger partial charge on any atom is -0.377 e. The van der Waals surface area contributed by atoms with E-state index in [1.54, 1.807) is 0 Å². The van der Waals surface area contributed by atoms with Gasteiger partial charge in [-0.05, 0) is 19.3 Å². The first-order valence-corrected chi connectivity index (χ1v) is 12.3. The highest BCUT2D eigenvalue weighted by Gasteiger charge is 2.13. The minimum atomic E-state index is -0.469. The monoisotopic (exact) mass is 500 g/mol. The molecule has 0 spiro atoms. The summed E-state index contributed by atoms with van der Waals surface area (Å²) in [5.74, 6) is 0. The molecule has 1 aliphatic rings. The van der Waals surface area contributed by atoms with Gasteiger partial charge in [0.15, 0.2) is 6.29 Å². The zero-order chi connectivity index (χ0) is 24.2. The van der Waals surface area contributed by atoms with Gasteiger partial charge in [0, 0.05) is 6.61 Å². The van der Waals surface area contributed by atoms with Crippen LogP contribution in [-0.2, 0) is 47.4 Å². The molecule has 1 saturated heterocycles. The van der Waals surface area contributed by atoms with Gasteiger partial charge < -0.3 is 47.4 Å². The normalized spacial score (nSPS) is 16.3. The Morgan fingerprint density at radius 1 is 0.471 bits per heavy atom. The van der Waals surface area contributed by atoms with Crippen LogP contribution in [0.1, 0.15) is 19.3 Å². The molecule has 0 saturated carbocycles. The van der Waals surface area contributed by atoms with Gasteiger partial charge in [0.1, 0.15) is 6.67 Å². The molecule has 0 radical (unpaired) electrons. The van der Waals surface area contributed by atoms with Gasteiger partial charge in [-0.3, -0.25) is 0 Å². The van der Waals surface area contributed by atoms with Crippen LogP contribution in [0.3, 0.4) is 0 Å².